The highest BCUT2D eigenvalue weighted by atomic mass is 16.1. The summed E-state index contributed by atoms with van der Waals surface area (Å²) in [6.45, 7) is 7.20. The maximum absolute atomic E-state index is 11.7. The fourth-order valence-corrected chi connectivity index (χ4v) is 2.09. The average Bonchev–Trinajstić information content (AvgIpc) is 2.76. The van der Waals surface area contributed by atoms with Gasteiger partial charge >= 0.3 is 0 Å². The highest BCUT2D eigenvalue weighted by molar-refractivity contribution is 5.48. The predicted octanol–water partition coefficient (Wildman–Crippen LogP) is 2.24. The molecule has 0 fully saturated rings. The van der Waals surface area contributed by atoms with Gasteiger partial charge in [-0.25, -0.2) is 9.97 Å². The maximum Gasteiger partial charge on any atom is 0.251 e. The van der Waals surface area contributed by atoms with Gasteiger partial charge in [0.05, 0.1) is 12.5 Å². The van der Waals surface area contributed by atoms with E-state index in [1.54, 1.807) is 18.6 Å². The third-order valence-corrected chi connectivity index (χ3v) is 2.83. The molecular weight excluding hydrogens is 240 g/mol. The normalized spacial score (nSPS) is 11.2. The summed E-state index contributed by atoms with van der Waals surface area (Å²) < 4.78 is 2.01. The molecule has 0 saturated heterocycles. The number of hydrogen-bond donors (Lipinski definition) is 1. The maximum atomic E-state index is 11.7. The monoisotopic (exact) mass is 260 g/mol. The van der Waals surface area contributed by atoms with E-state index < -0.39 is 0 Å². The van der Waals surface area contributed by atoms with Crippen molar-refractivity contribution in [2.75, 3.05) is 0 Å². The van der Waals surface area contributed by atoms with Crippen LogP contribution in [0.4, 0.5) is 0 Å². The summed E-state index contributed by atoms with van der Waals surface area (Å²) in [4.78, 5) is 23.2. The number of nitrogens with zero attached hydrogens (tertiary/aromatic N) is 3. The summed E-state index contributed by atoms with van der Waals surface area (Å²) in [6.07, 6.45) is 5.33. The van der Waals surface area contributed by atoms with Crippen LogP contribution in [-0.2, 0) is 13.0 Å². The number of aromatic nitrogens is 4. The Morgan fingerprint density at radius 1 is 1.42 bits per heavy atom. The molecule has 0 unspecified atom stereocenters. The summed E-state index contributed by atoms with van der Waals surface area (Å²) in [5.41, 5.74) is 1.59. The summed E-state index contributed by atoms with van der Waals surface area (Å²) >= 11 is 0. The molecule has 2 rings (SSSR count). The molecule has 102 valence electrons. The smallest absolute Gasteiger partial charge is 0.251 e. The molecular formula is C14H20N4O. The van der Waals surface area contributed by atoms with E-state index in [0.29, 0.717) is 11.7 Å². The van der Waals surface area contributed by atoms with Crippen molar-refractivity contribution in [1.29, 1.82) is 0 Å². The molecule has 0 spiro atoms. The Balaban J connectivity index is 2.41. The van der Waals surface area contributed by atoms with Crippen LogP contribution in [-0.4, -0.2) is 19.5 Å². The lowest BCUT2D eigenvalue weighted by Crippen LogP contribution is -2.13. The molecule has 0 saturated carbocycles. The van der Waals surface area contributed by atoms with Crippen LogP contribution >= 0.6 is 0 Å². The molecule has 0 bridgehead atoms. The number of aryl methyl sites for hydroxylation is 1. The molecule has 0 aliphatic carbocycles. The lowest BCUT2D eigenvalue weighted by Gasteiger charge is -2.08. The fraction of sp³-hybridized carbons (Fsp3) is 0.500. The van der Waals surface area contributed by atoms with Crippen LogP contribution in [0, 0.1) is 5.92 Å². The zero-order chi connectivity index (χ0) is 13.8. The van der Waals surface area contributed by atoms with Crippen LogP contribution in [0.15, 0.2) is 23.4 Å². The van der Waals surface area contributed by atoms with E-state index in [0.717, 1.165) is 30.8 Å². The van der Waals surface area contributed by atoms with Crippen molar-refractivity contribution in [3.8, 4) is 11.5 Å². The van der Waals surface area contributed by atoms with Crippen LogP contribution < -0.4 is 5.56 Å². The third-order valence-electron chi connectivity index (χ3n) is 2.83. The van der Waals surface area contributed by atoms with Gasteiger partial charge in [-0.2, -0.15) is 0 Å². The molecule has 0 aromatic carbocycles. The van der Waals surface area contributed by atoms with Crippen molar-refractivity contribution in [2.24, 2.45) is 5.92 Å². The molecule has 2 aromatic heterocycles. The minimum Gasteiger partial charge on any atom is -0.328 e. The second kappa shape index (κ2) is 5.82. The molecule has 5 heteroatoms. The number of nitrogens with one attached hydrogen (secondary N) is 1. The summed E-state index contributed by atoms with van der Waals surface area (Å²) in [5.74, 6) is 1.08. The highest BCUT2D eigenvalue weighted by Gasteiger charge is 2.09. The van der Waals surface area contributed by atoms with Crippen LogP contribution in [0.5, 0.6) is 0 Å². The van der Waals surface area contributed by atoms with E-state index in [4.69, 9.17) is 0 Å². The van der Waals surface area contributed by atoms with Crippen molar-refractivity contribution >= 4 is 0 Å². The number of rotatable bonds is 5. The van der Waals surface area contributed by atoms with Crippen LogP contribution in [0.1, 0.15) is 32.9 Å². The summed E-state index contributed by atoms with van der Waals surface area (Å²) in [5, 5.41) is 0. The Bertz CT molecular complexity index is 597. The topological polar surface area (TPSA) is 63.6 Å². The number of aromatic amines is 1. The molecule has 0 aliphatic heterocycles. The molecule has 19 heavy (non-hydrogen) atoms. The molecule has 0 radical (unpaired) electrons. The Morgan fingerprint density at radius 2 is 2.21 bits per heavy atom. The van der Waals surface area contributed by atoms with E-state index in [1.165, 1.54) is 0 Å². The molecule has 2 heterocycles. The van der Waals surface area contributed by atoms with Gasteiger partial charge in [-0.05, 0) is 18.8 Å². The first kappa shape index (κ1) is 13.5. The van der Waals surface area contributed by atoms with Gasteiger partial charge in [0, 0.05) is 18.3 Å². The van der Waals surface area contributed by atoms with Crippen molar-refractivity contribution in [3.05, 3.63) is 34.6 Å². The molecule has 2 aromatic rings. The van der Waals surface area contributed by atoms with Crippen molar-refractivity contribution in [1.82, 2.24) is 19.5 Å². The van der Waals surface area contributed by atoms with Gasteiger partial charge in [-0.3, -0.25) is 4.79 Å². The fourth-order valence-electron chi connectivity index (χ4n) is 2.09. The first-order valence-corrected chi connectivity index (χ1v) is 6.71. The first-order valence-electron chi connectivity index (χ1n) is 6.71. The summed E-state index contributed by atoms with van der Waals surface area (Å²) in [7, 11) is 0. The summed E-state index contributed by atoms with van der Waals surface area (Å²) in [6, 6.07) is 1.57. The Hall–Kier alpha value is -1.91. The lowest BCUT2D eigenvalue weighted by atomic mass is 10.1. The van der Waals surface area contributed by atoms with Gasteiger partial charge in [0.1, 0.15) is 5.69 Å². The van der Waals surface area contributed by atoms with Gasteiger partial charge < -0.3 is 9.55 Å². The van der Waals surface area contributed by atoms with Gasteiger partial charge in [-0.15, -0.1) is 0 Å². The van der Waals surface area contributed by atoms with Gasteiger partial charge in [0.2, 0.25) is 0 Å². The average molecular weight is 260 g/mol. The quantitative estimate of drug-likeness (QED) is 0.896. The minimum atomic E-state index is -0.107. The molecule has 5 nitrogen and oxygen atoms in total. The minimum absolute atomic E-state index is 0.107. The Morgan fingerprint density at radius 3 is 2.89 bits per heavy atom. The largest absolute Gasteiger partial charge is 0.328 e. The number of imidazole rings is 1. The predicted molar refractivity (Wildman–Crippen MR) is 74.9 cm³/mol. The Labute approximate surface area is 112 Å². The Kier molecular flexibility index (Phi) is 4.14. The van der Waals surface area contributed by atoms with E-state index in [-0.39, 0.29) is 5.56 Å². The van der Waals surface area contributed by atoms with Crippen molar-refractivity contribution < 1.29 is 0 Å². The molecule has 0 aliphatic rings. The van der Waals surface area contributed by atoms with Gasteiger partial charge in [0.25, 0.3) is 5.56 Å². The van der Waals surface area contributed by atoms with E-state index in [1.807, 2.05) is 4.57 Å². The zero-order valence-electron chi connectivity index (χ0n) is 11.7. The first-order chi connectivity index (χ1) is 9.10. The van der Waals surface area contributed by atoms with Crippen LogP contribution in [0.2, 0.25) is 0 Å². The molecule has 0 atom stereocenters. The van der Waals surface area contributed by atoms with E-state index >= 15 is 0 Å². The zero-order valence-corrected chi connectivity index (χ0v) is 11.7. The van der Waals surface area contributed by atoms with Gasteiger partial charge in [-0.1, -0.05) is 20.8 Å². The van der Waals surface area contributed by atoms with Crippen molar-refractivity contribution in [2.45, 2.75) is 40.2 Å². The number of hydrogen-bond acceptors (Lipinski definition) is 3. The van der Waals surface area contributed by atoms with Crippen LogP contribution in [0.25, 0.3) is 11.5 Å². The SMILES string of the molecule is CCCn1cncc1-c1nc(CC(C)C)cc(=O)[nH]1. The third kappa shape index (κ3) is 3.30. The van der Waals surface area contributed by atoms with Gasteiger partial charge in [0.15, 0.2) is 5.82 Å². The van der Waals surface area contributed by atoms with E-state index in [2.05, 4.69) is 35.7 Å². The van der Waals surface area contributed by atoms with Crippen LogP contribution in [0.3, 0.4) is 0 Å². The standard InChI is InChI=1S/C14H20N4O/c1-4-5-18-9-15-8-12(18)14-16-11(6-10(2)3)7-13(19)17-14/h7-10H,4-6H2,1-3H3,(H,16,17,19). The molecule has 1 N–H and O–H groups in total. The molecule has 0 amide bonds. The van der Waals surface area contributed by atoms with E-state index in [9.17, 15) is 4.79 Å². The highest BCUT2D eigenvalue weighted by Crippen LogP contribution is 2.14. The van der Waals surface area contributed by atoms with Crippen molar-refractivity contribution in [3.63, 3.8) is 0 Å². The number of H-pyrrole nitrogens is 1. The second-order valence-electron chi connectivity index (χ2n) is 5.16. The second-order valence-corrected chi connectivity index (χ2v) is 5.16. The lowest BCUT2D eigenvalue weighted by molar-refractivity contribution is 0.632.